The van der Waals surface area contributed by atoms with E-state index in [0.717, 1.165) is 21.2 Å². The second-order valence-electron chi connectivity index (χ2n) is 7.72. The van der Waals surface area contributed by atoms with Crippen molar-refractivity contribution >= 4 is 22.7 Å². The number of rotatable bonds is 5. The first-order valence-electron chi connectivity index (χ1n) is 10.1. The Labute approximate surface area is 183 Å². The average molecular weight is 428 g/mol. The molecule has 0 bridgehead atoms. The van der Waals surface area contributed by atoms with Crippen LogP contribution in [-0.2, 0) is 16.9 Å². The topological polar surface area (TPSA) is 97.6 Å². The highest BCUT2D eigenvalue weighted by molar-refractivity contribution is 6.09. The summed E-state index contributed by atoms with van der Waals surface area (Å²) in [7, 11) is 1.57. The van der Waals surface area contributed by atoms with Crippen molar-refractivity contribution in [3.63, 3.8) is 0 Å². The Morgan fingerprint density at radius 2 is 1.84 bits per heavy atom. The van der Waals surface area contributed by atoms with Crippen molar-refractivity contribution in [1.29, 1.82) is 0 Å². The SMILES string of the molecule is COc1cccc(-c2noc(CN3C(=O)N[C@@](C)(c4cccc5ccccc45)C3=O)n2)c1. The Bertz CT molecular complexity index is 1340. The number of carbonyl (C=O) groups is 2. The highest BCUT2D eigenvalue weighted by Crippen LogP contribution is 2.34. The Kier molecular flexibility index (Phi) is 4.62. The van der Waals surface area contributed by atoms with Gasteiger partial charge in [0.15, 0.2) is 0 Å². The molecular formula is C24H20N4O4. The molecule has 160 valence electrons. The fourth-order valence-corrected chi connectivity index (χ4v) is 4.02. The minimum atomic E-state index is -1.20. The number of nitrogens with one attached hydrogen (secondary N) is 1. The molecule has 0 aliphatic carbocycles. The quantitative estimate of drug-likeness (QED) is 0.485. The van der Waals surface area contributed by atoms with Crippen LogP contribution in [0.3, 0.4) is 0 Å². The molecule has 1 saturated heterocycles. The predicted octanol–water partition coefficient (Wildman–Crippen LogP) is 3.87. The lowest BCUT2D eigenvalue weighted by Crippen LogP contribution is -2.41. The van der Waals surface area contributed by atoms with Gasteiger partial charge in [0, 0.05) is 5.56 Å². The zero-order chi connectivity index (χ0) is 22.3. The van der Waals surface area contributed by atoms with E-state index in [1.54, 1.807) is 20.1 Å². The largest absolute Gasteiger partial charge is 0.497 e. The number of benzene rings is 3. The summed E-state index contributed by atoms with van der Waals surface area (Å²) >= 11 is 0. The Hall–Kier alpha value is -4.20. The lowest BCUT2D eigenvalue weighted by molar-refractivity contribution is -0.131. The summed E-state index contributed by atoms with van der Waals surface area (Å²) in [6.07, 6.45) is 0. The van der Waals surface area contributed by atoms with Crippen LogP contribution in [0.5, 0.6) is 5.75 Å². The first kappa shape index (κ1) is 19.7. The summed E-state index contributed by atoms with van der Waals surface area (Å²) in [5.74, 6) is 0.796. The lowest BCUT2D eigenvalue weighted by Gasteiger charge is -2.23. The lowest BCUT2D eigenvalue weighted by atomic mass is 9.88. The van der Waals surface area contributed by atoms with E-state index < -0.39 is 11.6 Å². The average Bonchev–Trinajstić information content (AvgIpc) is 3.38. The number of amides is 3. The minimum Gasteiger partial charge on any atom is -0.497 e. The zero-order valence-corrected chi connectivity index (χ0v) is 17.5. The summed E-state index contributed by atoms with van der Waals surface area (Å²) in [6, 6.07) is 20.2. The van der Waals surface area contributed by atoms with Crippen LogP contribution in [0.1, 0.15) is 18.4 Å². The third-order valence-corrected chi connectivity index (χ3v) is 5.69. The van der Waals surface area contributed by atoms with Crippen molar-refractivity contribution in [1.82, 2.24) is 20.4 Å². The van der Waals surface area contributed by atoms with Crippen LogP contribution in [-0.4, -0.2) is 34.1 Å². The molecule has 1 aliphatic rings. The molecule has 3 aromatic carbocycles. The maximum Gasteiger partial charge on any atom is 0.325 e. The van der Waals surface area contributed by atoms with E-state index in [9.17, 15) is 9.59 Å². The molecule has 0 unspecified atom stereocenters. The second-order valence-corrected chi connectivity index (χ2v) is 7.72. The summed E-state index contributed by atoms with van der Waals surface area (Å²) in [4.78, 5) is 31.6. The highest BCUT2D eigenvalue weighted by Gasteiger charge is 2.50. The van der Waals surface area contributed by atoms with Gasteiger partial charge in [0.25, 0.3) is 5.91 Å². The third kappa shape index (κ3) is 3.17. The number of urea groups is 1. The molecule has 1 atom stereocenters. The zero-order valence-electron chi connectivity index (χ0n) is 17.5. The first-order valence-corrected chi connectivity index (χ1v) is 10.1. The number of aromatic nitrogens is 2. The van der Waals surface area contributed by atoms with Gasteiger partial charge < -0.3 is 14.6 Å². The van der Waals surface area contributed by atoms with Crippen LogP contribution >= 0.6 is 0 Å². The Morgan fingerprint density at radius 3 is 2.69 bits per heavy atom. The predicted molar refractivity (Wildman–Crippen MR) is 117 cm³/mol. The van der Waals surface area contributed by atoms with Crippen LogP contribution in [0, 0.1) is 0 Å². The molecule has 5 rings (SSSR count). The molecule has 8 heteroatoms. The fraction of sp³-hybridized carbons (Fsp3) is 0.167. The fourth-order valence-electron chi connectivity index (χ4n) is 4.02. The van der Waals surface area contributed by atoms with Gasteiger partial charge >= 0.3 is 6.03 Å². The van der Waals surface area contributed by atoms with Crippen LogP contribution in [0.4, 0.5) is 4.79 Å². The smallest absolute Gasteiger partial charge is 0.325 e. The number of nitrogens with zero attached hydrogens (tertiary/aromatic N) is 3. The number of hydrogen-bond acceptors (Lipinski definition) is 6. The number of hydrogen-bond donors (Lipinski definition) is 1. The summed E-state index contributed by atoms with van der Waals surface area (Å²) in [6.45, 7) is 1.59. The van der Waals surface area contributed by atoms with Crippen LogP contribution in [0.15, 0.2) is 71.3 Å². The molecule has 1 fully saturated rings. The van der Waals surface area contributed by atoms with Gasteiger partial charge in [-0.1, -0.05) is 59.8 Å². The van der Waals surface area contributed by atoms with Crippen molar-refractivity contribution < 1.29 is 18.8 Å². The van der Waals surface area contributed by atoms with E-state index in [4.69, 9.17) is 9.26 Å². The molecule has 1 N–H and O–H groups in total. The highest BCUT2D eigenvalue weighted by atomic mass is 16.5. The van der Waals surface area contributed by atoms with Crippen molar-refractivity contribution in [3.8, 4) is 17.1 Å². The molecule has 0 saturated carbocycles. The Balaban J connectivity index is 1.43. The Morgan fingerprint density at radius 1 is 1.06 bits per heavy atom. The van der Waals surface area contributed by atoms with E-state index in [1.807, 2.05) is 60.7 Å². The van der Waals surface area contributed by atoms with E-state index in [-0.39, 0.29) is 18.3 Å². The second kappa shape index (κ2) is 7.49. The molecular weight excluding hydrogens is 408 g/mol. The number of imide groups is 1. The molecule has 32 heavy (non-hydrogen) atoms. The van der Waals surface area contributed by atoms with Crippen LogP contribution < -0.4 is 10.1 Å². The number of carbonyl (C=O) groups excluding carboxylic acids is 2. The van der Waals surface area contributed by atoms with Crippen molar-refractivity contribution in [2.24, 2.45) is 0 Å². The van der Waals surface area contributed by atoms with Gasteiger partial charge in [-0.15, -0.1) is 0 Å². The molecule has 0 spiro atoms. The number of methoxy groups -OCH3 is 1. The third-order valence-electron chi connectivity index (χ3n) is 5.69. The van der Waals surface area contributed by atoms with Gasteiger partial charge in [-0.25, -0.2) is 4.79 Å². The van der Waals surface area contributed by atoms with Crippen LogP contribution in [0.25, 0.3) is 22.2 Å². The first-order chi connectivity index (χ1) is 15.5. The summed E-state index contributed by atoms with van der Waals surface area (Å²) in [5.41, 5.74) is 0.240. The van der Waals surface area contributed by atoms with Gasteiger partial charge in [0.2, 0.25) is 11.7 Å². The molecule has 1 aromatic heterocycles. The van der Waals surface area contributed by atoms with Gasteiger partial charge in [-0.3, -0.25) is 9.69 Å². The maximum atomic E-state index is 13.4. The van der Waals surface area contributed by atoms with E-state index in [0.29, 0.717) is 17.1 Å². The molecule has 0 radical (unpaired) electrons. The van der Waals surface area contributed by atoms with Gasteiger partial charge in [-0.2, -0.15) is 4.98 Å². The van der Waals surface area contributed by atoms with E-state index >= 15 is 0 Å². The number of ether oxygens (including phenoxy) is 1. The minimum absolute atomic E-state index is 0.123. The molecule has 1 aliphatic heterocycles. The van der Waals surface area contributed by atoms with E-state index in [1.165, 1.54) is 0 Å². The van der Waals surface area contributed by atoms with Gasteiger partial charge in [0.1, 0.15) is 17.8 Å². The van der Waals surface area contributed by atoms with Gasteiger partial charge in [0.05, 0.1) is 7.11 Å². The van der Waals surface area contributed by atoms with Crippen molar-refractivity contribution in [3.05, 3.63) is 78.2 Å². The molecule has 2 heterocycles. The number of fused-ring (bicyclic) bond motifs is 1. The van der Waals surface area contributed by atoms with Crippen molar-refractivity contribution in [2.75, 3.05) is 7.11 Å². The normalized spacial score (nSPS) is 18.2. The molecule has 8 nitrogen and oxygen atoms in total. The standard InChI is InChI=1S/C24H20N4O4/c1-24(19-12-6-8-15-7-3-4-11-18(15)19)22(29)28(23(30)26-24)14-20-25-21(27-32-20)16-9-5-10-17(13-16)31-2/h3-13H,14H2,1-2H3,(H,26,30)/t24-/m0/s1. The maximum absolute atomic E-state index is 13.4. The molecule has 3 amide bonds. The monoisotopic (exact) mass is 428 g/mol. The summed E-state index contributed by atoms with van der Waals surface area (Å²) < 4.78 is 10.5. The summed E-state index contributed by atoms with van der Waals surface area (Å²) in [5, 5.41) is 8.72. The van der Waals surface area contributed by atoms with Crippen LogP contribution in [0.2, 0.25) is 0 Å². The van der Waals surface area contributed by atoms with Gasteiger partial charge in [-0.05, 0) is 35.4 Å². The van der Waals surface area contributed by atoms with E-state index in [2.05, 4.69) is 15.5 Å². The van der Waals surface area contributed by atoms with Crippen molar-refractivity contribution in [2.45, 2.75) is 19.0 Å². The molecule has 4 aromatic rings.